The Morgan fingerprint density at radius 2 is 2.31 bits per heavy atom. The maximum atomic E-state index is 10.8. The smallest absolute Gasteiger partial charge is 0.316 e. The van der Waals surface area contributed by atoms with Gasteiger partial charge in [0.05, 0.1) is 10.7 Å². The molecule has 0 aliphatic carbocycles. The van der Waals surface area contributed by atoms with E-state index in [9.17, 15) is 4.79 Å². The van der Waals surface area contributed by atoms with Gasteiger partial charge in [0.25, 0.3) is 0 Å². The van der Waals surface area contributed by atoms with E-state index in [-0.39, 0.29) is 5.25 Å². The molecule has 1 aromatic heterocycles. The number of hydrogen-bond donors (Lipinski definition) is 1. The molecule has 1 aromatic rings. The van der Waals surface area contributed by atoms with E-state index in [2.05, 4.69) is 18.8 Å². The van der Waals surface area contributed by atoms with Crippen LogP contribution in [0.5, 0.6) is 0 Å². The van der Waals surface area contributed by atoms with Gasteiger partial charge in [0.15, 0.2) is 0 Å². The molecule has 0 aliphatic rings. The molecule has 1 rings (SSSR count). The highest BCUT2D eigenvalue weighted by molar-refractivity contribution is 7.99. The minimum absolute atomic E-state index is 0.316. The average molecular weight is 259 g/mol. The first-order chi connectivity index (χ1) is 7.54. The van der Waals surface area contributed by atoms with Crippen LogP contribution in [-0.2, 0) is 10.5 Å². The lowest BCUT2D eigenvalue weighted by molar-refractivity contribution is -0.136. The number of carboxylic acids is 1. The number of aromatic nitrogens is 1. The lowest BCUT2D eigenvalue weighted by Crippen LogP contribution is -2.15. The molecule has 5 heteroatoms. The fraction of sp³-hybridized carbons (Fsp3) is 0.636. The summed E-state index contributed by atoms with van der Waals surface area (Å²) in [5.74, 6) is 0.408. The minimum Gasteiger partial charge on any atom is -0.480 e. The van der Waals surface area contributed by atoms with Crippen LogP contribution in [0.15, 0.2) is 5.38 Å². The quantitative estimate of drug-likeness (QED) is 0.851. The molecule has 0 bridgehead atoms. The molecular weight excluding hydrogens is 242 g/mol. The number of carbonyl (C=O) groups is 1. The maximum absolute atomic E-state index is 10.8. The summed E-state index contributed by atoms with van der Waals surface area (Å²) in [5.41, 5.74) is 0.999. The fourth-order valence-electron chi connectivity index (χ4n) is 1.20. The molecule has 1 unspecified atom stereocenters. The minimum atomic E-state index is -0.730. The summed E-state index contributed by atoms with van der Waals surface area (Å²) >= 11 is 3.11. The lowest BCUT2D eigenvalue weighted by atomic mass is 10.2. The van der Waals surface area contributed by atoms with Crippen molar-refractivity contribution in [2.75, 3.05) is 0 Å². The molecule has 0 saturated carbocycles. The zero-order chi connectivity index (χ0) is 12.1. The van der Waals surface area contributed by atoms with Crippen molar-refractivity contribution >= 4 is 29.1 Å². The van der Waals surface area contributed by atoms with Gasteiger partial charge in [-0.2, -0.15) is 0 Å². The van der Waals surface area contributed by atoms with Crippen LogP contribution in [0.1, 0.15) is 43.8 Å². The summed E-state index contributed by atoms with van der Waals surface area (Å²) < 4.78 is 0. The van der Waals surface area contributed by atoms with Crippen molar-refractivity contribution in [2.45, 2.75) is 44.1 Å². The molecule has 0 amide bonds. The third-order valence-electron chi connectivity index (χ3n) is 2.14. The summed E-state index contributed by atoms with van der Waals surface area (Å²) in [5, 5.41) is 11.7. The van der Waals surface area contributed by atoms with Crippen LogP contribution in [0.2, 0.25) is 0 Å². The molecule has 3 nitrogen and oxygen atoms in total. The highest BCUT2D eigenvalue weighted by Gasteiger charge is 2.16. The van der Waals surface area contributed by atoms with E-state index in [1.54, 1.807) is 11.3 Å². The van der Waals surface area contributed by atoms with E-state index in [4.69, 9.17) is 5.11 Å². The second-order valence-corrected chi connectivity index (χ2v) is 5.96. The topological polar surface area (TPSA) is 50.2 Å². The van der Waals surface area contributed by atoms with Gasteiger partial charge < -0.3 is 5.11 Å². The highest BCUT2D eigenvalue weighted by atomic mass is 32.2. The molecule has 90 valence electrons. The Kier molecular flexibility index (Phi) is 5.28. The number of nitrogens with zero attached hydrogens (tertiary/aromatic N) is 1. The second-order valence-electron chi connectivity index (χ2n) is 3.88. The first-order valence-electron chi connectivity index (χ1n) is 5.33. The maximum Gasteiger partial charge on any atom is 0.316 e. The van der Waals surface area contributed by atoms with E-state index in [0.717, 1.165) is 10.7 Å². The zero-order valence-electron chi connectivity index (χ0n) is 9.77. The fourth-order valence-corrected chi connectivity index (χ4v) is 3.04. The molecule has 0 aliphatic heterocycles. The Labute approximate surface area is 104 Å². The van der Waals surface area contributed by atoms with Crippen LogP contribution in [0.25, 0.3) is 0 Å². The van der Waals surface area contributed by atoms with Crippen molar-refractivity contribution in [3.05, 3.63) is 16.1 Å². The Balaban J connectivity index is 2.50. The van der Waals surface area contributed by atoms with Crippen LogP contribution < -0.4 is 0 Å². The van der Waals surface area contributed by atoms with Crippen LogP contribution >= 0.6 is 23.1 Å². The van der Waals surface area contributed by atoms with Crippen molar-refractivity contribution < 1.29 is 9.90 Å². The van der Waals surface area contributed by atoms with E-state index in [1.165, 1.54) is 11.8 Å². The van der Waals surface area contributed by atoms with Gasteiger partial charge in [-0.05, 0) is 6.42 Å². The largest absolute Gasteiger partial charge is 0.480 e. The molecule has 1 N–H and O–H groups in total. The van der Waals surface area contributed by atoms with Crippen molar-refractivity contribution in [1.29, 1.82) is 0 Å². The number of thiazole rings is 1. The standard InChI is InChI=1S/C11H17NO2S2/c1-4-9(11(13)14)15-5-8-6-16-10(12-8)7(2)3/h6-7,9H,4-5H2,1-3H3,(H,13,14). The lowest BCUT2D eigenvalue weighted by Gasteiger charge is -2.07. The van der Waals surface area contributed by atoms with E-state index in [1.807, 2.05) is 12.3 Å². The van der Waals surface area contributed by atoms with Gasteiger partial charge in [0, 0.05) is 17.1 Å². The Morgan fingerprint density at radius 3 is 2.75 bits per heavy atom. The van der Waals surface area contributed by atoms with Gasteiger partial charge in [0.2, 0.25) is 0 Å². The second kappa shape index (κ2) is 6.25. The number of aliphatic carboxylic acids is 1. The zero-order valence-corrected chi connectivity index (χ0v) is 11.4. The third kappa shape index (κ3) is 3.79. The van der Waals surface area contributed by atoms with Crippen molar-refractivity contribution in [3.8, 4) is 0 Å². The Bertz CT molecular complexity index is 350. The summed E-state index contributed by atoms with van der Waals surface area (Å²) in [4.78, 5) is 15.3. The van der Waals surface area contributed by atoms with Crippen molar-refractivity contribution in [3.63, 3.8) is 0 Å². The molecule has 1 heterocycles. The monoisotopic (exact) mass is 259 g/mol. The molecule has 0 saturated heterocycles. The Hall–Kier alpha value is -0.550. The van der Waals surface area contributed by atoms with Gasteiger partial charge in [0.1, 0.15) is 5.25 Å². The molecule has 0 fully saturated rings. The highest BCUT2D eigenvalue weighted by Crippen LogP contribution is 2.24. The van der Waals surface area contributed by atoms with Gasteiger partial charge in [-0.15, -0.1) is 23.1 Å². The number of hydrogen-bond acceptors (Lipinski definition) is 4. The summed E-state index contributed by atoms with van der Waals surface area (Å²) in [6.07, 6.45) is 0.654. The summed E-state index contributed by atoms with van der Waals surface area (Å²) in [6.45, 7) is 6.12. The van der Waals surface area contributed by atoms with Crippen molar-refractivity contribution in [1.82, 2.24) is 4.98 Å². The molecular formula is C11H17NO2S2. The first-order valence-corrected chi connectivity index (χ1v) is 7.26. The van der Waals surface area contributed by atoms with Gasteiger partial charge in [-0.25, -0.2) is 4.98 Å². The number of carboxylic acid groups (broad SMARTS) is 1. The first kappa shape index (κ1) is 13.5. The molecule has 0 aromatic carbocycles. The third-order valence-corrected chi connectivity index (χ3v) is 4.74. The van der Waals surface area contributed by atoms with Crippen molar-refractivity contribution in [2.24, 2.45) is 0 Å². The van der Waals surface area contributed by atoms with E-state index in [0.29, 0.717) is 18.1 Å². The summed E-state index contributed by atoms with van der Waals surface area (Å²) in [6, 6.07) is 0. The normalized spacial score (nSPS) is 13.0. The van der Waals surface area contributed by atoms with E-state index < -0.39 is 5.97 Å². The van der Waals surface area contributed by atoms with Crippen LogP contribution in [0.3, 0.4) is 0 Å². The van der Waals surface area contributed by atoms with E-state index >= 15 is 0 Å². The Morgan fingerprint density at radius 1 is 1.62 bits per heavy atom. The summed E-state index contributed by atoms with van der Waals surface area (Å²) in [7, 11) is 0. The predicted molar refractivity (Wildman–Crippen MR) is 69.2 cm³/mol. The molecule has 0 spiro atoms. The van der Waals surface area contributed by atoms with Crippen LogP contribution in [0.4, 0.5) is 0 Å². The average Bonchev–Trinajstić information content (AvgIpc) is 2.67. The van der Waals surface area contributed by atoms with Gasteiger partial charge in [-0.1, -0.05) is 20.8 Å². The van der Waals surface area contributed by atoms with Crippen LogP contribution in [0, 0.1) is 0 Å². The molecule has 0 radical (unpaired) electrons. The number of thioether (sulfide) groups is 1. The SMILES string of the molecule is CCC(SCc1csc(C(C)C)n1)C(=O)O. The number of rotatable bonds is 6. The van der Waals surface area contributed by atoms with Gasteiger partial charge >= 0.3 is 5.97 Å². The van der Waals surface area contributed by atoms with Crippen LogP contribution in [-0.4, -0.2) is 21.3 Å². The molecule has 1 atom stereocenters. The van der Waals surface area contributed by atoms with Gasteiger partial charge in [-0.3, -0.25) is 4.79 Å². The molecule has 16 heavy (non-hydrogen) atoms. The predicted octanol–water partition coefficient (Wildman–Crippen LogP) is 3.36.